The molecular formula is C17H30O2Si. The van der Waals surface area contributed by atoms with Crippen LogP contribution >= 0.6 is 0 Å². The van der Waals surface area contributed by atoms with E-state index in [9.17, 15) is 4.79 Å². The summed E-state index contributed by atoms with van der Waals surface area (Å²) < 4.78 is 6.70. The normalized spacial score (nSPS) is 44.2. The van der Waals surface area contributed by atoms with Crippen molar-refractivity contribution in [3.63, 3.8) is 0 Å². The van der Waals surface area contributed by atoms with Gasteiger partial charge in [0.05, 0.1) is 0 Å². The smallest absolute Gasteiger partial charge is 0.192 e. The fourth-order valence-electron chi connectivity index (χ4n) is 4.83. The van der Waals surface area contributed by atoms with Crippen molar-refractivity contribution in [3.05, 3.63) is 0 Å². The van der Waals surface area contributed by atoms with Gasteiger partial charge >= 0.3 is 0 Å². The van der Waals surface area contributed by atoms with Gasteiger partial charge in [-0.2, -0.15) is 0 Å². The maximum atomic E-state index is 12.4. The summed E-state index contributed by atoms with van der Waals surface area (Å²) in [6, 6.07) is 0. The third-order valence-electron chi connectivity index (χ3n) is 6.96. The number of rotatable bonds is 2. The highest BCUT2D eigenvalue weighted by Crippen LogP contribution is 2.60. The number of hydrogen-bond acceptors (Lipinski definition) is 2. The zero-order chi connectivity index (χ0) is 14.9. The molecule has 0 heterocycles. The summed E-state index contributed by atoms with van der Waals surface area (Å²) in [6.07, 6.45) is 3.94. The lowest BCUT2D eigenvalue weighted by molar-refractivity contribution is -0.124. The molecule has 114 valence electrons. The summed E-state index contributed by atoms with van der Waals surface area (Å²) in [5.41, 5.74) is 0. The van der Waals surface area contributed by atoms with E-state index in [-0.39, 0.29) is 5.04 Å². The molecule has 20 heavy (non-hydrogen) atoms. The van der Waals surface area contributed by atoms with Gasteiger partial charge in [-0.1, -0.05) is 27.7 Å². The molecule has 0 saturated heterocycles. The first-order valence-corrected chi connectivity index (χ1v) is 11.3. The Morgan fingerprint density at radius 1 is 1.15 bits per heavy atom. The van der Waals surface area contributed by atoms with Crippen LogP contribution in [0.4, 0.5) is 0 Å². The van der Waals surface area contributed by atoms with Crippen molar-refractivity contribution in [1.29, 1.82) is 0 Å². The quantitative estimate of drug-likeness (QED) is 0.711. The van der Waals surface area contributed by atoms with Crippen LogP contribution in [-0.4, -0.2) is 20.2 Å². The zero-order valence-electron chi connectivity index (χ0n) is 13.9. The maximum absolute atomic E-state index is 12.4. The molecule has 0 aromatic carbocycles. The number of carbonyl (C=O) groups is 1. The van der Waals surface area contributed by atoms with E-state index in [0.29, 0.717) is 41.5 Å². The van der Waals surface area contributed by atoms with Crippen molar-refractivity contribution < 1.29 is 9.22 Å². The van der Waals surface area contributed by atoms with Crippen LogP contribution in [-0.2, 0) is 9.22 Å². The minimum atomic E-state index is -1.71. The van der Waals surface area contributed by atoms with Crippen molar-refractivity contribution in [2.24, 2.45) is 29.6 Å². The Kier molecular flexibility index (Phi) is 3.27. The molecule has 0 aliphatic heterocycles. The summed E-state index contributed by atoms with van der Waals surface area (Å²) >= 11 is 0. The molecule has 0 radical (unpaired) electrons. The average molecular weight is 295 g/mol. The highest BCUT2D eigenvalue weighted by atomic mass is 28.4. The fourth-order valence-corrected chi connectivity index (χ4v) is 6.21. The van der Waals surface area contributed by atoms with Crippen LogP contribution in [0.5, 0.6) is 0 Å². The second-order valence-corrected chi connectivity index (χ2v) is 13.7. The van der Waals surface area contributed by atoms with Crippen molar-refractivity contribution >= 4 is 14.1 Å². The molecule has 3 aliphatic rings. The van der Waals surface area contributed by atoms with E-state index in [4.69, 9.17) is 4.43 Å². The molecule has 6 atom stereocenters. The molecule has 0 spiro atoms. The Labute approximate surface area is 124 Å². The molecule has 0 bridgehead atoms. The predicted octanol–water partition coefficient (Wildman–Crippen LogP) is 4.26. The van der Waals surface area contributed by atoms with E-state index in [1.807, 2.05) is 0 Å². The van der Waals surface area contributed by atoms with Gasteiger partial charge in [0, 0.05) is 17.9 Å². The summed E-state index contributed by atoms with van der Waals surface area (Å²) in [6.45, 7) is 13.8. The summed E-state index contributed by atoms with van der Waals surface area (Å²) in [4.78, 5) is 12.4. The first kappa shape index (κ1) is 14.8. The molecular weight excluding hydrogens is 264 g/mol. The average Bonchev–Trinajstić information content (AvgIpc) is 2.92. The van der Waals surface area contributed by atoms with E-state index >= 15 is 0 Å². The molecule has 3 aliphatic carbocycles. The van der Waals surface area contributed by atoms with Gasteiger partial charge in [0.15, 0.2) is 8.32 Å². The molecule has 3 fully saturated rings. The molecule has 3 saturated carbocycles. The van der Waals surface area contributed by atoms with Gasteiger partial charge in [0.1, 0.15) is 5.78 Å². The number of Topliss-reactive ketones (excluding diaryl/α,β-unsaturated/α-hetero) is 1. The molecule has 0 N–H and O–H groups in total. The van der Waals surface area contributed by atoms with Gasteiger partial charge in [0.25, 0.3) is 0 Å². The van der Waals surface area contributed by atoms with Gasteiger partial charge in [-0.25, -0.2) is 0 Å². The number of hydrogen-bond donors (Lipinski definition) is 0. The largest absolute Gasteiger partial charge is 0.414 e. The molecule has 3 heteroatoms. The Hall–Kier alpha value is -0.153. The third kappa shape index (κ3) is 1.96. The Morgan fingerprint density at radius 3 is 2.35 bits per heavy atom. The summed E-state index contributed by atoms with van der Waals surface area (Å²) in [5.74, 6) is 3.21. The number of carbonyl (C=O) groups excluding carboxylic acids is 1. The molecule has 0 aromatic heterocycles. The molecule has 2 nitrogen and oxygen atoms in total. The SMILES string of the molecule is C[C@@H]1C(=O)[C@@H]2C[C@H](O[Si](C)(C)C(C)(C)C)[C@@H]3CC[C@H]1[C@@H]32. The standard InChI is InChI=1S/C17H30O2Si/c1-10-11-7-8-12-14(9-13(15(11)12)16(10)18)19-20(5,6)17(2,3)4/h10-15H,7-9H2,1-6H3/t10-,11+,12-,13+,14-,15-/m0/s1. The van der Waals surface area contributed by atoms with E-state index < -0.39 is 8.32 Å². The van der Waals surface area contributed by atoms with Crippen LogP contribution < -0.4 is 0 Å². The lowest BCUT2D eigenvalue weighted by atomic mass is 9.90. The Balaban J connectivity index is 1.78. The lowest BCUT2D eigenvalue weighted by Crippen LogP contribution is -2.45. The second-order valence-electron chi connectivity index (χ2n) is 8.93. The monoisotopic (exact) mass is 294 g/mol. The van der Waals surface area contributed by atoms with Gasteiger partial charge < -0.3 is 4.43 Å². The van der Waals surface area contributed by atoms with Gasteiger partial charge in [-0.3, -0.25) is 4.79 Å². The van der Waals surface area contributed by atoms with Gasteiger partial charge in [-0.05, 0) is 55.1 Å². The highest BCUT2D eigenvalue weighted by Gasteiger charge is 2.61. The zero-order valence-corrected chi connectivity index (χ0v) is 14.9. The van der Waals surface area contributed by atoms with Crippen LogP contribution in [0.3, 0.4) is 0 Å². The lowest BCUT2D eigenvalue weighted by Gasteiger charge is -2.40. The summed E-state index contributed by atoms with van der Waals surface area (Å²) in [7, 11) is -1.71. The van der Waals surface area contributed by atoms with E-state index in [0.717, 1.165) is 6.42 Å². The van der Waals surface area contributed by atoms with Crippen LogP contribution in [0.2, 0.25) is 18.1 Å². The van der Waals surface area contributed by atoms with Crippen LogP contribution in [0.25, 0.3) is 0 Å². The minimum Gasteiger partial charge on any atom is -0.414 e. The van der Waals surface area contributed by atoms with Crippen molar-refractivity contribution in [3.8, 4) is 0 Å². The van der Waals surface area contributed by atoms with Crippen LogP contribution in [0, 0.1) is 29.6 Å². The highest BCUT2D eigenvalue weighted by molar-refractivity contribution is 6.74. The van der Waals surface area contributed by atoms with E-state index in [2.05, 4.69) is 40.8 Å². The van der Waals surface area contributed by atoms with Crippen LogP contribution in [0.15, 0.2) is 0 Å². The molecule has 0 amide bonds. The molecule has 0 unspecified atom stereocenters. The van der Waals surface area contributed by atoms with Crippen molar-refractivity contribution in [2.75, 3.05) is 0 Å². The van der Waals surface area contributed by atoms with E-state index in [1.165, 1.54) is 12.8 Å². The fraction of sp³-hybridized carbons (Fsp3) is 0.941. The van der Waals surface area contributed by atoms with Crippen molar-refractivity contribution in [1.82, 2.24) is 0 Å². The predicted molar refractivity (Wildman–Crippen MR) is 84.1 cm³/mol. The first-order chi connectivity index (χ1) is 9.13. The van der Waals surface area contributed by atoms with Crippen LogP contribution in [0.1, 0.15) is 47.0 Å². The molecule has 0 aromatic rings. The Morgan fingerprint density at radius 2 is 1.75 bits per heavy atom. The van der Waals surface area contributed by atoms with Gasteiger partial charge in [0.2, 0.25) is 0 Å². The third-order valence-corrected chi connectivity index (χ3v) is 11.5. The maximum Gasteiger partial charge on any atom is 0.192 e. The topological polar surface area (TPSA) is 26.3 Å². The number of ketones is 1. The first-order valence-electron chi connectivity index (χ1n) is 8.35. The van der Waals surface area contributed by atoms with E-state index in [1.54, 1.807) is 0 Å². The van der Waals surface area contributed by atoms with Gasteiger partial charge in [-0.15, -0.1) is 0 Å². The second kappa shape index (κ2) is 4.42. The summed E-state index contributed by atoms with van der Waals surface area (Å²) in [5, 5.41) is 0.264. The minimum absolute atomic E-state index is 0.264. The van der Waals surface area contributed by atoms with Crippen molar-refractivity contribution in [2.45, 2.75) is 71.2 Å². The Bertz CT molecular complexity index is 423. The molecule has 3 rings (SSSR count).